The largest absolute Gasteiger partial charge is 0.369 e. The van der Waals surface area contributed by atoms with Gasteiger partial charge in [-0.3, -0.25) is 4.57 Å². The van der Waals surface area contributed by atoms with Crippen LogP contribution >= 0.6 is 0 Å². The van der Waals surface area contributed by atoms with Gasteiger partial charge in [0.15, 0.2) is 5.65 Å². The Balaban J connectivity index is 2.06. The molecule has 2 aromatic heterocycles. The number of hydrogen-bond acceptors (Lipinski definition) is 3. The van der Waals surface area contributed by atoms with Crippen LogP contribution < -0.4 is 5.73 Å². The molecular weight excluding hydrogens is 224 g/mol. The number of fused-ring (bicyclic) bond motifs is 1. The van der Waals surface area contributed by atoms with Gasteiger partial charge in [-0.15, -0.1) is 0 Å². The fraction of sp³-hybridized carbons (Fsp3) is 0.571. The fourth-order valence-corrected chi connectivity index (χ4v) is 3.19. The average Bonchev–Trinajstić information content (AvgIpc) is 2.63. The van der Waals surface area contributed by atoms with Crippen LogP contribution in [0.3, 0.4) is 0 Å². The first-order chi connectivity index (χ1) is 8.57. The average molecular weight is 244 g/mol. The van der Waals surface area contributed by atoms with E-state index >= 15 is 0 Å². The van der Waals surface area contributed by atoms with Crippen molar-refractivity contribution in [3.05, 3.63) is 18.3 Å². The predicted molar refractivity (Wildman–Crippen MR) is 73.2 cm³/mol. The van der Waals surface area contributed by atoms with Gasteiger partial charge in [0.2, 0.25) is 5.95 Å². The molecule has 0 aliphatic heterocycles. The van der Waals surface area contributed by atoms with Crippen molar-refractivity contribution in [2.24, 2.45) is 5.41 Å². The number of nitrogen functional groups attached to an aromatic ring is 1. The number of anilines is 1. The highest BCUT2D eigenvalue weighted by molar-refractivity contribution is 5.73. The monoisotopic (exact) mass is 244 g/mol. The second kappa shape index (κ2) is 3.97. The Morgan fingerprint density at radius 2 is 2.28 bits per heavy atom. The summed E-state index contributed by atoms with van der Waals surface area (Å²) in [6, 6.07) is 4.32. The molecule has 0 amide bonds. The summed E-state index contributed by atoms with van der Waals surface area (Å²) in [6.45, 7) is 4.67. The van der Waals surface area contributed by atoms with Gasteiger partial charge in [0.05, 0.1) is 0 Å². The smallest absolute Gasteiger partial charge is 0.202 e. The molecule has 1 atom stereocenters. The Labute approximate surface area is 107 Å². The fourth-order valence-electron chi connectivity index (χ4n) is 3.19. The number of aromatic nitrogens is 3. The Morgan fingerprint density at radius 1 is 1.44 bits per heavy atom. The Bertz CT molecular complexity index is 570. The summed E-state index contributed by atoms with van der Waals surface area (Å²) in [4.78, 5) is 8.86. The molecule has 3 rings (SSSR count). The van der Waals surface area contributed by atoms with E-state index in [0.717, 1.165) is 17.6 Å². The van der Waals surface area contributed by atoms with Crippen LogP contribution in [-0.4, -0.2) is 14.5 Å². The number of imidazole rings is 1. The third-order valence-corrected chi connectivity index (χ3v) is 4.02. The maximum Gasteiger partial charge on any atom is 0.202 e. The molecule has 0 bridgehead atoms. The highest BCUT2D eigenvalue weighted by atomic mass is 15.2. The minimum absolute atomic E-state index is 0.390. The number of hydrogen-bond donors (Lipinski definition) is 1. The molecule has 1 unspecified atom stereocenters. The molecule has 0 aromatic carbocycles. The Morgan fingerprint density at radius 3 is 3.06 bits per heavy atom. The summed E-state index contributed by atoms with van der Waals surface area (Å²) in [6.07, 6.45) is 6.69. The van der Waals surface area contributed by atoms with Crippen LogP contribution in [0.4, 0.5) is 5.95 Å². The van der Waals surface area contributed by atoms with Crippen molar-refractivity contribution in [3.8, 4) is 0 Å². The van der Waals surface area contributed by atoms with E-state index in [2.05, 4.69) is 28.4 Å². The van der Waals surface area contributed by atoms with Gasteiger partial charge in [0.25, 0.3) is 0 Å². The van der Waals surface area contributed by atoms with Crippen LogP contribution in [-0.2, 0) is 0 Å². The second-order valence-electron chi connectivity index (χ2n) is 6.10. The highest BCUT2D eigenvalue weighted by Crippen LogP contribution is 2.42. The van der Waals surface area contributed by atoms with Crippen molar-refractivity contribution < 1.29 is 0 Å². The Kier molecular flexibility index (Phi) is 2.54. The third-order valence-electron chi connectivity index (χ3n) is 4.02. The lowest BCUT2D eigenvalue weighted by atomic mass is 9.75. The van der Waals surface area contributed by atoms with Gasteiger partial charge in [0, 0.05) is 12.2 Å². The SMILES string of the molecule is CC1(C)CCCC(n2c(N)nc3cccnc32)C1. The van der Waals surface area contributed by atoms with Gasteiger partial charge in [-0.05, 0) is 36.8 Å². The number of nitrogens with zero attached hydrogens (tertiary/aromatic N) is 3. The van der Waals surface area contributed by atoms with Crippen LogP contribution in [0.5, 0.6) is 0 Å². The number of pyridine rings is 1. The first-order valence-corrected chi connectivity index (χ1v) is 6.65. The highest BCUT2D eigenvalue weighted by Gasteiger charge is 2.30. The molecule has 2 N–H and O–H groups in total. The lowest BCUT2D eigenvalue weighted by Gasteiger charge is -2.36. The molecule has 0 radical (unpaired) electrons. The summed E-state index contributed by atoms with van der Waals surface area (Å²) in [5.41, 5.74) is 8.30. The van der Waals surface area contributed by atoms with Crippen molar-refractivity contribution in [2.45, 2.75) is 45.6 Å². The van der Waals surface area contributed by atoms with E-state index < -0.39 is 0 Å². The normalized spacial score (nSPS) is 23.3. The minimum atomic E-state index is 0.390. The second-order valence-corrected chi connectivity index (χ2v) is 6.10. The third kappa shape index (κ3) is 1.85. The lowest BCUT2D eigenvalue weighted by Crippen LogP contribution is -2.25. The zero-order chi connectivity index (χ0) is 12.8. The number of nitrogens with two attached hydrogens (primary N) is 1. The molecule has 4 nitrogen and oxygen atoms in total. The zero-order valence-corrected chi connectivity index (χ0v) is 11.1. The molecule has 1 aliphatic rings. The van der Waals surface area contributed by atoms with Gasteiger partial charge >= 0.3 is 0 Å². The summed E-state index contributed by atoms with van der Waals surface area (Å²) >= 11 is 0. The molecule has 4 heteroatoms. The predicted octanol–water partition coefficient (Wildman–Crippen LogP) is 3.15. The van der Waals surface area contributed by atoms with Gasteiger partial charge in [-0.1, -0.05) is 20.3 Å². The lowest BCUT2D eigenvalue weighted by molar-refractivity contribution is 0.186. The molecule has 1 fully saturated rings. The van der Waals surface area contributed by atoms with Crippen molar-refractivity contribution in [1.82, 2.24) is 14.5 Å². The molecule has 18 heavy (non-hydrogen) atoms. The standard InChI is InChI=1S/C14H20N4/c1-14(2)7-3-5-10(9-14)18-12-11(17-13(18)15)6-4-8-16-12/h4,6,8,10H,3,5,7,9H2,1-2H3,(H2,15,17). The minimum Gasteiger partial charge on any atom is -0.369 e. The molecule has 0 spiro atoms. The van der Waals surface area contributed by atoms with Crippen LogP contribution in [0.1, 0.15) is 45.6 Å². The first-order valence-electron chi connectivity index (χ1n) is 6.65. The van der Waals surface area contributed by atoms with Crippen LogP contribution in [0.2, 0.25) is 0 Å². The molecule has 2 aromatic rings. The van der Waals surface area contributed by atoms with E-state index in [1.54, 1.807) is 0 Å². The molecule has 1 saturated carbocycles. The van der Waals surface area contributed by atoms with Gasteiger partial charge in [0.1, 0.15) is 5.52 Å². The Hall–Kier alpha value is -1.58. The summed E-state index contributed by atoms with van der Waals surface area (Å²) in [5, 5.41) is 0. The number of rotatable bonds is 1. The van der Waals surface area contributed by atoms with Crippen molar-refractivity contribution in [1.29, 1.82) is 0 Å². The van der Waals surface area contributed by atoms with Crippen LogP contribution in [0, 0.1) is 5.41 Å². The van der Waals surface area contributed by atoms with Crippen LogP contribution in [0.15, 0.2) is 18.3 Å². The summed E-state index contributed by atoms with van der Waals surface area (Å²) in [5.74, 6) is 0.603. The van der Waals surface area contributed by atoms with Crippen LogP contribution in [0.25, 0.3) is 11.2 Å². The van der Waals surface area contributed by atoms with E-state index in [9.17, 15) is 0 Å². The first kappa shape index (κ1) is 11.5. The van der Waals surface area contributed by atoms with Crippen molar-refractivity contribution in [3.63, 3.8) is 0 Å². The van der Waals surface area contributed by atoms with E-state index in [0.29, 0.717) is 17.4 Å². The quantitative estimate of drug-likeness (QED) is 0.838. The van der Waals surface area contributed by atoms with Gasteiger partial charge in [-0.25, -0.2) is 9.97 Å². The van der Waals surface area contributed by atoms with E-state index in [1.807, 2.05) is 18.3 Å². The van der Waals surface area contributed by atoms with E-state index in [-0.39, 0.29) is 0 Å². The van der Waals surface area contributed by atoms with E-state index in [1.165, 1.54) is 19.3 Å². The molecular formula is C14H20N4. The molecule has 1 aliphatic carbocycles. The summed E-state index contributed by atoms with van der Waals surface area (Å²) < 4.78 is 2.14. The molecule has 0 saturated heterocycles. The molecule has 96 valence electrons. The van der Waals surface area contributed by atoms with E-state index in [4.69, 9.17) is 5.73 Å². The van der Waals surface area contributed by atoms with Crippen molar-refractivity contribution >= 4 is 17.1 Å². The molecule has 2 heterocycles. The summed E-state index contributed by atoms with van der Waals surface area (Å²) in [7, 11) is 0. The van der Waals surface area contributed by atoms with Gasteiger partial charge in [-0.2, -0.15) is 0 Å². The maximum absolute atomic E-state index is 6.08. The maximum atomic E-state index is 6.08. The topological polar surface area (TPSA) is 56.7 Å². The van der Waals surface area contributed by atoms with Gasteiger partial charge < -0.3 is 5.73 Å². The zero-order valence-electron chi connectivity index (χ0n) is 11.1. The van der Waals surface area contributed by atoms with Crippen molar-refractivity contribution in [2.75, 3.05) is 5.73 Å².